The molecule has 0 bridgehead atoms. The van der Waals surface area contributed by atoms with Crippen molar-refractivity contribution in [3.05, 3.63) is 64.5 Å². The molecule has 6 heteroatoms. The fraction of sp³-hybridized carbons (Fsp3) is 0.150. The van der Waals surface area contributed by atoms with E-state index in [0.717, 1.165) is 22.4 Å². The topological polar surface area (TPSA) is 75.0 Å². The fourth-order valence-corrected chi connectivity index (χ4v) is 3.09. The minimum atomic E-state index is -0.258. The number of hydrogen-bond acceptors (Lipinski definition) is 5. The second-order valence-corrected chi connectivity index (χ2v) is 6.62. The van der Waals surface area contributed by atoms with E-state index in [4.69, 9.17) is 10.00 Å². The van der Waals surface area contributed by atoms with Crippen molar-refractivity contribution in [2.24, 2.45) is 0 Å². The average Bonchev–Trinajstić information content (AvgIpc) is 3.11. The molecule has 1 amide bonds. The zero-order chi connectivity index (χ0) is 18.5. The van der Waals surface area contributed by atoms with E-state index in [1.807, 2.05) is 49.6 Å². The summed E-state index contributed by atoms with van der Waals surface area (Å²) in [6.07, 6.45) is 0. The SMILES string of the molecule is Cc1cccc(OCC(=O)Nc2nc(-c3ccc(C#N)cc3)cs2)c1C. The summed E-state index contributed by atoms with van der Waals surface area (Å²) in [5, 5.41) is 14.0. The number of carbonyl (C=O) groups excluding carboxylic acids is 1. The lowest BCUT2D eigenvalue weighted by Crippen LogP contribution is -2.20. The van der Waals surface area contributed by atoms with Crippen LogP contribution in [0.2, 0.25) is 0 Å². The van der Waals surface area contributed by atoms with Gasteiger partial charge >= 0.3 is 0 Å². The molecular formula is C20H17N3O2S. The third-order valence-corrected chi connectivity index (χ3v) is 4.73. The number of nitriles is 1. The molecule has 0 unspecified atom stereocenters. The molecule has 2 aromatic carbocycles. The van der Waals surface area contributed by atoms with Crippen LogP contribution in [-0.2, 0) is 4.79 Å². The van der Waals surface area contributed by atoms with Crippen molar-refractivity contribution in [1.82, 2.24) is 4.98 Å². The summed E-state index contributed by atoms with van der Waals surface area (Å²) >= 11 is 1.35. The lowest BCUT2D eigenvalue weighted by molar-refractivity contribution is -0.118. The molecule has 1 heterocycles. The summed E-state index contributed by atoms with van der Waals surface area (Å²) in [7, 11) is 0. The van der Waals surface area contributed by atoms with Crippen molar-refractivity contribution in [2.75, 3.05) is 11.9 Å². The van der Waals surface area contributed by atoms with Crippen LogP contribution in [0.3, 0.4) is 0 Å². The molecule has 0 spiro atoms. The van der Waals surface area contributed by atoms with Crippen LogP contribution in [0, 0.1) is 25.2 Å². The van der Waals surface area contributed by atoms with Crippen molar-refractivity contribution >= 4 is 22.4 Å². The zero-order valence-corrected chi connectivity index (χ0v) is 15.3. The maximum absolute atomic E-state index is 12.1. The van der Waals surface area contributed by atoms with Gasteiger partial charge in [-0.05, 0) is 43.2 Å². The lowest BCUT2D eigenvalue weighted by Gasteiger charge is -2.10. The minimum Gasteiger partial charge on any atom is -0.483 e. The van der Waals surface area contributed by atoms with Crippen LogP contribution >= 0.6 is 11.3 Å². The Labute approximate surface area is 155 Å². The highest BCUT2D eigenvalue weighted by molar-refractivity contribution is 7.14. The molecule has 3 aromatic rings. The van der Waals surface area contributed by atoms with Crippen LogP contribution < -0.4 is 10.1 Å². The molecular weight excluding hydrogens is 346 g/mol. The second-order valence-electron chi connectivity index (χ2n) is 5.76. The van der Waals surface area contributed by atoms with Crippen LogP contribution in [0.4, 0.5) is 5.13 Å². The summed E-state index contributed by atoms with van der Waals surface area (Å²) in [5.74, 6) is 0.448. The van der Waals surface area contributed by atoms with Gasteiger partial charge in [0.15, 0.2) is 11.7 Å². The number of aromatic nitrogens is 1. The Morgan fingerprint density at radius 2 is 2.00 bits per heavy atom. The van der Waals surface area contributed by atoms with Gasteiger partial charge in [0.1, 0.15) is 5.75 Å². The molecule has 26 heavy (non-hydrogen) atoms. The van der Waals surface area contributed by atoms with Crippen molar-refractivity contribution in [3.63, 3.8) is 0 Å². The Morgan fingerprint density at radius 1 is 1.23 bits per heavy atom. The van der Waals surface area contributed by atoms with Crippen LogP contribution in [0.25, 0.3) is 11.3 Å². The van der Waals surface area contributed by atoms with E-state index in [1.165, 1.54) is 11.3 Å². The molecule has 0 fully saturated rings. The van der Waals surface area contributed by atoms with Gasteiger partial charge in [0.25, 0.3) is 5.91 Å². The molecule has 0 saturated heterocycles. The summed E-state index contributed by atoms with van der Waals surface area (Å²) < 4.78 is 5.60. The van der Waals surface area contributed by atoms with E-state index < -0.39 is 0 Å². The zero-order valence-electron chi connectivity index (χ0n) is 14.4. The van der Waals surface area contributed by atoms with E-state index in [2.05, 4.69) is 16.4 Å². The van der Waals surface area contributed by atoms with Crippen LogP contribution in [0.1, 0.15) is 16.7 Å². The standard InChI is InChI=1S/C20H17N3O2S/c1-13-4-3-5-18(14(13)2)25-11-19(24)23-20-22-17(12-26-20)16-8-6-15(10-21)7-9-16/h3-9,12H,11H2,1-2H3,(H,22,23,24). The highest BCUT2D eigenvalue weighted by Crippen LogP contribution is 2.25. The smallest absolute Gasteiger partial charge is 0.264 e. The highest BCUT2D eigenvalue weighted by atomic mass is 32.1. The molecule has 5 nitrogen and oxygen atoms in total. The first-order valence-electron chi connectivity index (χ1n) is 8.02. The van der Waals surface area contributed by atoms with Crippen LogP contribution in [0.15, 0.2) is 47.8 Å². The van der Waals surface area contributed by atoms with Crippen molar-refractivity contribution in [2.45, 2.75) is 13.8 Å². The molecule has 0 radical (unpaired) electrons. The summed E-state index contributed by atoms with van der Waals surface area (Å²) in [6, 6.07) is 15.0. The summed E-state index contributed by atoms with van der Waals surface area (Å²) in [4.78, 5) is 16.5. The number of thiazole rings is 1. The van der Waals surface area contributed by atoms with Gasteiger partial charge < -0.3 is 4.74 Å². The van der Waals surface area contributed by atoms with E-state index in [0.29, 0.717) is 16.4 Å². The van der Waals surface area contributed by atoms with Crippen LogP contribution in [-0.4, -0.2) is 17.5 Å². The number of anilines is 1. The maximum Gasteiger partial charge on any atom is 0.264 e. The monoisotopic (exact) mass is 363 g/mol. The quantitative estimate of drug-likeness (QED) is 0.733. The number of rotatable bonds is 5. The number of hydrogen-bond donors (Lipinski definition) is 1. The first-order valence-corrected chi connectivity index (χ1v) is 8.89. The molecule has 0 aliphatic heterocycles. The summed E-state index contributed by atoms with van der Waals surface area (Å²) in [5.41, 5.74) is 4.39. The number of aryl methyl sites for hydroxylation is 1. The van der Waals surface area contributed by atoms with Gasteiger partial charge in [0.2, 0.25) is 0 Å². The Balaban J connectivity index is 1.60. The number of nitrogens with zero attached hydrogens (tertiary/aromatic N) is 2. The van der Waals surface area contributed by atoms with Gasteiger partial charge in [-0.2, -0.15) is 5.26 Å². The van der Waals surface area contributed by atoms with E-state index in [-0.39, 0.29) is 12.5 Å². The Kier molecular flexibility index (Phi) is 5.30. The Morgan fingerprint density at radius 3 is 2.73 bits per heavy atom. The van der Waals surface area contributed by atoms with Gasteiger partial charge in [0.05, 0.1) is 17.3 Å². The minimum absolute atomic E-state index is 0.0733. The predicted molar refractivity (Wildman–Crippen MR) is 102 cm³/mol. The summed E-state index contributed by atoms with van der Waals surface area (Å²) in [6.45, 7) is 3.89. The van der Waals surface area contributed by atoms with Crippen molar-refractivity contribution in [1.29, 1.82) is 5.26 Å². The van der Waals surface area contributed by atoms with Gasteiger partial charge in [0, 0.05) is 10.9 Å². The van der Waals surface area contributed by atoms with Crippen LogP contribution in [0.5, 0.6) is 5.75 Å². The predicted octanol–water partition coefficient (Wildman–Crippen LogP) is 4.32. The number of nitrogens with one attached hydrogen (secondary N) is 1. The Bertz CT molecular complexity index is 971. The van der Waals surface area contributed by atoms with Crippen molar-refractivity contribution < 1.29 is 9.53 Å². The molecule has 0 aliphatic rings. The second kappa shape index (κ2) is 7.81. The van der Waals surface area contributed by atoms with E-state index in [9.17, 15) is 4.79 Å². The lowest BCUT2D eigenvalue weighted by atomic mass is 10.1. The molecule has 0 saturated carbocycles. The third-order valence-electron chi connectivity index (χ3n) is 3.97. The molecule has 3 rings (SSSR count). The molecule has 1 N–H and O–H groups in total. The van der Waals surface area contributed by atoms with E-state index in [1.54, 1.807) is 12.1 Å². The number of ether oxygens (including phenoxy) is 1. The molecule has 0 atom stereocenters. The number of amides is 1. The van der Waals surface area contributed by atoms with Gasteiger partial charge in [-0.25, -0.2) is 4.98 Å². The first-order chi connectivity index (χ1) is 12.6. The maximum atomic E-state index is 12.1. The molecule has 1 aromatic heterocycles. The average molecular weight is 363 g/mol. The van der Waals surface area contributed by atoms with Crippen molar-refractivity contribution in [3.8, 4) is 23.1 Å². The fourth-order valence-electron chi connectivity index (χ4n) is 2.36. The first kappa shape index (κ1) is 17.6. The number of benzene rings is 2. The highest BCUT2D eigenvalue weighted by Gasteiger charge is 2.10. The number of carbonyl (C=O) groups is 1. The normalized spacial score (nSPS) is 10.2. The molecule has 130 valence electrons. The van der Waals surface area contributed by atoms with Gasteiger partial charge in [-0.15, -0.1) is 11.3 Å². The Hall–Kier alpha value is -3.17. The van der Waals surface area contributed by atoms with Gasteiger partial charge in [-0.1, -0.05) is 24.3 Å². The molecule has 0 aliphatic carbocycles. The largest absolute Gasteiger partial charge is 0.483 e. The van der Waals surface area contributed by atoms with E-state index >= 15 is 0 Å². The van der Waals surface area contributed by atoms with Gasteiger partial charge in [-0.3, -0.25) is 10.1 Å². The third kappa shape index (κ3) is 4.08.